The van der Waals surface area contributed by atoms with Crippen molar-refractivity contribution >= 4 is 34.8 Å². The summed E-state index contributed by atoms with van der Waals surface area (Å²) < 4.78 is 5.53. The van der Waals surface area contributed by atoms with Gasteiger partial charge in [-0.3, -0.25) is 4.79 Å². The van der Waals surface area contributed by atoms with E-state index in [-0.39, 0.29) is 18.1 Å². The second-order valence-electron chi connectivity index (χ2n) is 5.93. The molecule has 2 fully saturated rings. The Morgan fingerprint density at radius 2 is 2.26 bits per heavy atom. The van der Waals surface area contributed by atoms with Crippen molar-refractivity contribution in [2.75, 3.05) is 37.7 Å². The van der Waals surface area contributed by atoms with Gasteiger partial charge in [0.2, 0.25) is 5.91 Å². The summed E-state index contributed by atoms with van der Waals surface area (Å²) >= 11 is 12.1. The first-order valence-electron chi connectivity index (χ1n) is 7.96. The van der Waals surface area contributed by atoms with Crippen molar-refractivity contribution in [2.24, 2.45) is 0 Å². The van der Waals surface area contributed by atoms with Crippen LogP contribution >= 0.6 is 23.2 Å². The molecule has 126 valence electrons. The fourth-order valence-electron chi connectivity index (χ4n) is 2.98. The van der Waals surface area contributed by atoms with Gasteiger partial charge in [0.15, 0.2) is 0 Å². The van der Waals surface area contributed by atoms with E-state index in [0.717, 1.165) is 38.2 Å². The maximum absolute atomic E-state index is 12.3. The molecule has 2 heterocycles. The Hall–Kier alpha value is -1.01. The monoisotopic (exact) mass is 357 g/mol. The van der Waals surface area contributed by atoms with Gasteiger partial charge in [0, 0.05) is 38.5 Å². The van der Waals surface area contributed by atoms with Gasteiger partial charge in [-0.1, -0.05) is 23.2 Å². The molecule has 23 heavy (non-hydrogen) atoms. The van der Waals surface area contributed by atoms with Crippen LogP contribution in [0.25, 0.3) is 0 Å². The number of anilines is 1. The summed E-state index contributed by atoms with van der Waals surface area (Å²) in [6.07, 6.45) is 2.26. The Bertz CT molecular complexity index is 564. The van der Waals surface area contributed by atoms with Crippen LogP contribution in [0.15, 0.2) is 18.2 Å². The molecule has 2 atom stereocenters. The van der Waals surface area contributed by atoms with Gasteiger partial charge in [-0.05, 0) is 31.0 Å². The van der Waals surface area contributed by atoms with E-state index >= 15 is 0 Å². The SMILES string of the molecule is O=C(NCC1CCCO1)C1CN(c2ccc(Cl)c(Cl)c2)CCN1. The Kier molecular flexibility index (Phi) is 5.64. The van der Waals surface area contributed by atoms with E-state index in [1.807, 2.05) is 12.1 Å². The van der Waals surface area contributed by atoms with Crippen LogP contribution in [0.4, 0.5) is 5.69 Å². The summed E-state index contributed by atoms with van der Waals surface area (Å²) in [4.78, 5) is 14.5. The van der Waals surface area contributed by atoms with Crippen molar-refractivity contribution in [1.29, 1.82) is 0 Å². The number of benzene rings is 1. The first-order chi connectivity index (χ1) is 11.1. The number of piperazine rings is 1. The summed E-state index contributed by atoms with van der Waals surface area (Å²) in [5.74, 6) is 0.0188. The van der Waals surface area contributed by atoms with E-state index in [0.29, 0.717) is 23.1 Å². The van der Waals surface area contributed by atoms with Gasteiger partial charge in [-0.15, -0.1) is 0 Å². The van der Waals surface area contributed by atoms with Crippen molar-refractivity contribution in [1.82, 2.24) is 10.6 Å². The Balaban J connectivity index is 1.56. The highest BCUT2D eigenvalue weighted by Crippen LogP contribution is 2.27. The van der Waals surface area contributed by atoms with Crippen LogP contribution in [0.2, 0.25) is 10.0 Å². The van der Waals surface area contributed by atoms with Crippen molar-refractivity contribution in [2.45, 2.75) is 25.0 Å². The molecule has 0 spiro atoms. The third-order valence-electron chi connectivity index (χ3n) is 4.29. The summed E-state index contributed by atoms with van der Waals surface area (Å²) in [5.41, 5.74) is 0.984. The van der Waals surface area contributed by atoms with Crippen LogP contribution in [0.3, 0.4) is 0 Å². The van der Waals surface area contributed by atoms with Gasteiger partial charge >= 0.3 is 0 Å². The molecule has 0 aromatic heterocycles. The summed E-state index contributed by atoms with van der Waals surface area (Å²) in [6, 6.07) is 5.32. The maximum Gasteiger partial charge on any atom is 0.239 e. The number of nitrogens with one attached hydrogen (secondary N) is 2. The van der Waals surface area contributed by atoms with E-state index in [4.69, 9.17) is 27.9 Å². The van der Waals surface area contributed by atoms with Crippen LogP contribution in [0, 0.1) is 0 Å². The molecule has 2 unspecified atom stereocenters. The number of nitrogens with zero attached hydrogens (tertiary/aromatic N) is 1. The Labute approximate surface area is 146 Å². The normalized spacial score (nSPS) is 24.7. The lowest BCUT2D eigenvalue weighted by molar-refractivity contribution is -0.123. The van der Waals surface area contributed by atoms with Crippen molar-refractivity contribution in [3.63, 3.8) is 0 Å². The average Bonchev–Trinajstić information content (AvgIpc) is 3.09. The molecule has 0 bridgehead atoms. The van der Waals surface area contributed by atoms with Crippen LogP contribution in [0.1, 0.15) is 12.8 Å². The van der Waals surface area contributed by atoms with E-state index < -0.39 is 0 Å². The molecule has 2 N–H and O–H groups in total. The smallest absolute Gasteiger partial charge is 0.239 e. The summed E-state index contributed by atoms with van der Waals surface area (Å²) in [5, 5.41) is 7.32. The molecule has 0 saturated carbocycles. The number of carbonyl (C=O) groups excluding carboxylic acids is 1. The third-order valence-corrected chi connectivity index (χ3v) is 5.03. The lowest BCUT2D eigenvalue weighted by Gasteiger charge is -2.34. The first kappa shape index (κ1) is 16.8. The van der Waals surface area contributed by atoms with Crippen molar-refractivity contribution in [3.05, 3.63) is 28.2 Å². The fourth-order valence-corrected chi connectivity index (χ4v) is 3.28. The molecule has 0 aliphatic carbocycles. The lowest BCUT2D eigenvalue weighted by atomic mass is 10.1. The third kappa shape index (κ3) is 4.29. The fraction of sp³-hybridized carbons (Fsp3) is 0.562. The van der Waals surface area contributed by atoms with E-state index in [9.17, 15) is 4.79 Å². The molecule has 5 nitrogen and oxygen atoms in total. The molecule has 7 heteroatoms. The Morgan fingerprint density at radius 3 is 3.00 bits per heavy atom. The minimum atomic E-state index is -0.236. The average molecular weight is 358 g/mol. The zero-order chi connectivity index (χ0) is 16.2. The minimum absolute atomic E-state index is 0.0188. The molecule has 3 rings (SSSR count). The predicted octanol–water partition coefficient (Wildman–Crippen LogP) is 2.07. The number of hydrogen-bond acceptors (Lipinski definition) is 4. The van der Waals surface area contributed by atoms with Crippen molar-refractivity contribution in [3.8, 4) is 0 Å². The largest absolute Gasteiger partial charge is 0.376 e. The zero-order valence-electron chi connectivity index (χ0n) is 12.9. The Morgan fingerprint density at radius 1 is 1.39 bits per heavy atom. The van der Waals surface area contributed by atoms with Gasteiger partial charge in [0.1, 0.15) is 6.04 Å². The number of halogens is 2. The van der Waals surface area contributed by atoms with Crippen LogP contribution in [-0.4, -0.2) is 50.8 Å². The molecule has 2 aliphatic rings. The number of amides is 1. The first-order valence-corrected chi connectivity index (χ1v) is 8.72. The second kappa shape index (κ2) is 7.71. The van der Waals surface area contributed by atoms with Gasteiger partial charge in [0.25, 0.3) is 0 Å². The topological polar surface area (TPSA) is 53.6 Å². The molecular formula is C16H21Cl2N3O2. The lowest BCUT2D eigenvalue weighted by Crippen LogP contribution is -2.57. The van der Waals surface area contributed by atoms with Crippen molar-refractivity contribution < 1.29 is 9.53 Å². The number of rotatable bonds is 4. The highest BCUT2D eigenvalue weighted by molar-refractivity contribution is 6.42. The van der Waals surface area contributed by atoms with E-state index in [2.05, 4.69) is 15.5 Å². The van der Waals surface area contributed by atoms with Gasteiger partial charge in [0.05, 0.1) is 16.1 Å². The summed E-state index contributed by atoms with van der Waals surface area (Å²) in [7, 11) is 0. The molecule has 2 saturated heterocycles. The van der Waals surface area contributed by atoms with Crippen LogP contribution < -0.4 is 15.5 Å². The quantitative estimate of drug-likeness (QED) is 0.865. The van der Waals surface area contributed by atoms with E-state index in [1.54, 1.807) is 6.07 Å². The standard InChI is InChI=1S/C16H21Cl2N3O2/c17-13-4-3-11(8-14(13)18)21-6-5-19-15(10-21)16(22)20-9-12-2-1-7-23-12/h3-4,8,12,15,19H,1-2,5-7,9-10H2,(H,20,22). The molecular weight excluding hydrogens is 337 g/mol. The highest BCUT2D eigenvalue weighted by Gasteiger charge is 2.26. The van der Waals surface area contributed by atoms with Crippen LogP contribution in [-0.2, 0) is 9.53 Å². The number of hydrogen-bond donors (Lipinski definition) is 2. The summed E-state index contributed by atoms with van der Waals surface area (Å²) in [6.45, 7) is 3.57. The van der Waals surface area contributed by atoms with Gasteiger partial charge in [-0.2, -0.15) is 0 Å². The van der Waals surface area contributed by atoms with Gasteiger partial charge in [-0.25, -0.2) is 0 Å². The van der Waals surface area contributed by atoms with Gasteiger partial charge < -0.3 is 20.3 Å². The molecule has 1 aromatic rings. The molecule has 1 aromatic carbocycles. The molecule has 1 amide bonds. The maximum atomic E-state index is 12.3. The highest BCUT2D eigenvalue weighted by atomic mass is 35.5. The zero-order valence-corrected chi connectivity index (χ0v) is 14.4. The second-order valence-corrected chi connectivity index (χ2v) is 6.75. The molecule has 0 radical (unpaired) electrons. The minimum Gasteiger partial charge on any atom is -0.376 e. The predicted molar refractivity (Wildman–Crippen MR) is 92.4 cm³/mol. The van der Waals surface area contributed by atoms with Crippen LogP contribution in [0.5, 0.6) is 0 Å². The number of carbonyl (C=O) groups is 1. The number of ether oxygens (including phenoxy) is 1. The molecule has 2 aliphatic heterocycles. The van der Waals surface area contributed by atoms with E-state index in [1.165, 1.54) is 0 Å².